The number of benzene rings is 2. The summed E-state index contributed by atoms with van der Waals surface area (Å²) >= 11 is 0. The minimum atomic E-state index is -3.60. The number of rotatable bonds is 6. The molecule has 160 valence electrons. The average Bonchev–Trinajstić information content (AvgIpc) is 3.34. The molecule has 1 aliphatic rings. The zero-order valence-electron chi connectivity index (χ0n) is 17.0. The molecule has 0 amide bonds. The number of sulfone groups is 1. The molecule has 0 aliphatic carbocycles. The Morgan fingerprint density at radius 3 is 2.77 bits per heavy atom. The molecule has 1 N–H and O–H groups in total. The van der Waals surface area contributed by atoms with Gasteiger partial charge in [0.1, 0.15) is 5.75 Å². The van der Waals surface area contributed by atoms with Gasteiger partial charge in [0.05, 0.1) is 28.7 Å². The quantitative estimate of drug-likeness (QED) is 0.623. The van der Waals surface area contributed by atoms with Crippen molar-refractivity contribution < 1.29 is 18.0 Å². The Labute approximate surface area is 180 Å². The molecule has 2 atom stereocenters. The Balaban J connectivity index is 1.51. The number of nitrogens with zero attached hydrogens (tertiary/aromatic N) is 4. The van der Waals surface area contributed by atoms with Crippen LogP contribution >= 0.6 is 0 Å². The summed E-state index contributed by atoms with van der Waals surface area (Å²) in [4.78, 5) is 6.52. The molecule has 0 unspecified atom stereocenters. The second-order valence-corrected chi connectivity index (χ2v) is 9.76. The number of aromatic nitrogens is 2. The van der Waals surface area contributed by atoms with Gasteiger partial charge in [-0.3, -0.25) is 4.90 Å². The number of hydrogen-bond donors (Lipinski definition) is 1. The summed E-state index contributed by atoms with van der Waals surface area (Å²) in [5, 5.41) is 23.2. The monoisotopic (exact) mass is 438 g/mol. The number of aliphatic hydroxyl groups excluding tert-OH is 1. The molecule has 9 heteroatoms. The highest BCUT2D eigenvalue weighted by molar-refractivity contribution is 7.90. The summed E-state index contributed by atoms with van der Waals surface area (Å²) in [6.07, 6.45) is -0.152. The van der Waals surface area contributed by atoms with E-state index in [1.165, 1.54) is 0 Å². The number of aryl methyl sites for hydroxylation is 1. The van der Waals surface area contributed by atoms with Crippen molar-refractivity contribution >= 4 is 9.84 Å². The van der Waals surface area contributed by atoms with E-state index in [1.54, 1.807) is 36.4 Å². The van der Waals surface area contributed by atoms with Gasteiger partial charge in [0.25, 0.3) is 0 Å². The predicted octanol–water partition coefficient (Wildman–Crippen LogP) is 2.53. The summed E-state index contributed by atoms with van der Waals surface area (Å²) < 4.78 is 30.7. The molecule has 0 spiro atoms. The lowest BCUT2D eigenvalue weighted by Gasteiger charge is -2.21. The molecule has 2 aromatic carbocycles. The summed E-state index contributed by atoms with van der Waals surface area (Å²) in [5.74, 6) is 0.00414. The maximum atomic E-state index is 12.7. The highest BCUT2D eigenvalue weighted by atomic mass is 32.2. The van der Waals surface area contributed by atoms with E-state index in [1.807, 2.05) is 24.0 Å². The van der Waals surface area contributed by atoms with Gasteiger partial charge in [0, 0.05) is 13.1 Å². The molecule has 3 aromatic rings. The topological polar surface area (TPSA) is 120 Å². The van der Waals surface area contributed by atoms with Crippen molar-refractivity contribution in [3.05, 3.63) is 76.9 Å². The molecular formula is C22H22N4O4S. The Morgan fingerprint density at radius 1 is 1.26 bits per heavy atom. The van der Waals surface area contributed by atoms with E-state index in [0.717, 1.165) is 11.1 Å². The second kappa shape index (κ2) is 8.59. The summed E-state index contributed by atoms with van der Waals surface area (Å²) in [6, 6.07) is 15.7. The lowest BCUT2D eigenvalue weighted by molar-refractivity contribution is 0.169. The van der Waals surface area contributed by atoms with Crippen molar-refractivity contribution in [1.82, 2.24) is 15.0 Å². The summed E-state index contributed by atoms with van der Waals surface area (Å²) in [5.41, 5.74) is 2.47. The number of aliphatic hydroxyl groups is 1. The summed E-state index contributed by atoms with van der Waals surface area (Å²) in [6.45, 7) is 2.80. The van der Waals surface area contributed by atoms with E-state index in [-0.39, 0.29) is 28.4 Å². The molecule has 4 rings (SSSR count). The van der Waals surface area contributed by atoms with Gasteiger partial charge in [0.2, 0.25) is 5.89 Å². The second-order valence-electron chi connectivity index (χ2n) is 7.77. The number of β-amino-alcohol motifs (C(OH)–C–C–N with tert-alkyl or cyclic N) is 1. The third kappa shape index (κ3) is 4.82. The molecule has 8 nitrogen and oxygen atoms in total. The van der Waals surface area contributed by atoms with Gasteiger partial charge in [-0.2, -0.15) is 10.2 Å². The van der Waals surface area contributed by atoms with Crippen LogP contribution < -0.4 is 0 Å². The largest absolute Gasteiger partial charge is 0.392 e. The van der Waals surface area contributed by atoms with Gasteiger partial charge in [-0.15, -0.1) is 0 Å². The fourth-order valence-corrected chi connectivity index (χ4v) is 4.92. The van der Waals surface area contributed by atoms with Gasteiger partial charge < -0.3 is 9.63 Å². The van der Waals surface area contributed by atoms with Crippen LogP contribution in [-0.2, 0) is 22.1 Å². The average molecular weight is 439 g/mol. The van der Waals surface area contributed by atoms with Crippen LogP contribution in [0.4, 0.5) is 0 Å². The van der Waals surface area contributed by atoms with Crippen LogP contribution in [0.25, 0.3) is 0 Å². The van der Waals surface area contributed by atoms with E-state index in [2.05, 4.69) is 16.2 Å². The zero-order chi connectivity index (χ0) is 22.0. The fraction of sp³-hybridized carbons (Fsp3) is 0.318. The minimum absolute atomic E-state index is 0.0865. The zero-order valence-corrected chi connectivity index (χ0v) is 17.8. The van der Waals surface area contributed by atoms with Crippen LogP contribution in [0.2, 0.25) is 0 Å². The molecule has 1 aliphatic heterocycles. The smallest absolute Gasteiger partial charge is 0.244 e. The first-order valence-corrected chi connectivity index (χ1v) is 11.5. The van der Waals surface area contributed by atoms with Gasteiger partial charge in [-0.25, -0.2) is 8.42 Å². The molecule has 2 heterocycles. The van der Waals surface area contributed by atoms with Crippen molar-refractivity contribution in [2.24, 2.45) is 0 Å². The molecule has 1 aromatic heterocycles. The van der Waals surface area contributed by atoms with Gasteiger partial charge in [0.15, 0.2) is 15.7 Å². The first-order chi connectivity index (χ1) is 14.8. The minimum Gasteiger partial charge on any atom is -0.392 e. The molecule has 31 heavy (non-hydrogen) atoms. The van der Waals surface area contributed by atoms with Gasteiger partial charge in [-0.05, 0) is 43.2 Å². The van der Waals surface area contributed by atoms with Crippen LogP contribution in [0.15, 0.2) is 57.9 Å². The SMILES string of the molecule is Cc1ccc(S(=O)(=O)Cc2noc([C@@H]3C[C@@H](O)CN3Cc3cccc(C#N)c3)n2)cc1. The molecular weight excluding hydrogens is 416 g/mol. The molecule has 1 fully saturated rings. The Morgan fingerprint density at radius 2 is 2.03 bits per heavy atom. The maximum absolute atomic E-state index is 12.7. The van der Waals surface area contributed by atoms with Crippen LogP contribution in [0.5, 0.6) is 0 Å². The Kier molecular flexibility index (Phi) is 5.87. The van der Waals surface area contributed by atoms with Crippen molar-refractivity contribution in [3.63, 3.8) is 0 Å². The molecule has 0 saturated carbocycles. The number of hydrogen-bond acceptors (Lipinski definition) is 8. The van der Waals surface area contributed by atoms with Crippen LogP contribution in [-0.4, -0.2) is 41.2 Å². The summed E-state index contributed by atoms with van der Waals surface area (Å²) in [7, 11) is -3.60. The Hall–Kier alpha value is -3.06. The van der Waals surface area contributed by atoms with Crippen molar-refractivity contribution in [3.8, 4) is 6.07 Å². The molecule has 0 radical (unpaired) electrons. The van der Waals surface area contributed by atoms with Gasteiger partial charge in [-0.1, -0.05) is 35.0 Å². The van der Waals surface area contributed by atoms with E-state index in [4.69, 9.17) is 9.78 Å². The third-order valence-electron chi connectivity index (χ3n) is 5.29. The first-order valence-electron chi connectivity index (χ1n) is 9.87. The van der Waals surface area contributed by atoms with E-state index >= 15 is 0 Å². The maximum Gasteiger partial charge on any atom is 0.244 e. The lowest BCUT2D eigenvalue weighted by atomic mass is 10.1. The standard InChI is InChI=1S/C22H22N4O4S/c1-15-5-7-19(8-6-15)31(28,29)14-21-24-22(30-25-21)20-10-18(27)13-26(20)12-17-4-2-3-16(9-17)11-23/h2-9,18,20,27H,10,12-14H2,1H3/t18-,20+/m1/s1. The van der Waals surface area contributed by atoms with E-state index in [0.29, 0.717) is 25.1 Å². The fourth-order valence-electron chi connectivity index (χ4n) is 3.75. The Bertz CT molecular complexity index is 1210. The van der Waals surface area contributed by atoms with Gasteiger partial charge >= 0.3 is 0 Å². The lowest BCUT2D eigenvalue weighted by Crippen LogP contribution is -2.24. The number of likely N-dealkylation sites (tertiary alicyclic amines) is 1. The van der Waals surface area contributed by atoms with E-state index in [9.17, 15) is 13.5 Å². The molecule has 0 bridgehead atoms. The highest BCUT2D eigenvalue weighted by Gasteiger charge is 2.36. The molecule has 1 saturated heterocycles. The third-order valence-corrected chi connectivity index (χ3v) is 6.92. The van der Waals surface area contributed by atoms with Crippen molar-refractivity contribution in [2.75, 3.05) is 6.54 Å². The highest BCUT2D eigenvalue weighted by Crippen LogP contribution is 2.33. The van der Waals surface area contributed by atoms with Crippen LogP contribution in [0.1, 0.15) is 40.9 Å². The normalized spacial score (nSPS) is 19.4. The van der Waals surface area contributed by atoms with E-state index < -0.39 is 15.9 Å². The van der Waals surface area contributed by atoms with Crippen molar-refractivity contribution in [2.45, 2.75) is 42.7 Å². The number of nitriles is 1. The predicted molar refractivity (Wildman–Crippen MR) is 111 cm³/mol. The van der Waals surface area contributed by atoms with Crippen molar-refractivity contribution in [1.29, 1.82) is 5.26 Å². The van der Waals surface area contributed by atoms with Crippen LogP contribution in [0, 0.1) is 18.3 Å². The van der Waals surface area contributed by atoms with Crippen LogP contribution in [0.3, 0.4) is 0 Å². The first kappa shape index (κ1) is 21.2.